The number of carbonyl (C=O) groups is 3. The van der Waals surface area contributed by atoms with Crippen molar-refractivity contribution in [2.24, 2.45) is 5.41 Å². The molecule has 24 heavy (non-hydrogen) atoms. The van der Waals surface area contributed by atoms with Crippen LogP contribution in [0.25, 0.3) is 0 Å². The average Bonchev–Trinajstić information content (AvgIpc) is 2.41. The molecule has 1 amide bonds. The fourth-order valence-corrected chi connectivity index (χ4v) is 1.58. The summed E-state index contributed by atoms with van der Waals surface area (Å²) in [6.07, 6.45) is -0.615. The average molecular weight is 335 g/mol. The maximum Gasteiger partial charge on any atom is 0.412 e. The third-order valence-corrected chi connectivity index (χ3v) is 2.91. The first-order valence-electron chi connectivity index (χ1n) is 7.69. The van der Waals surface area contributed by atoms with Gasteiger partial charge >= 0.3 is 12.1 Å². The summed E-state index contributed by atoms with van der Waals surface area (Å²) in [6, 6.07) is 6.24. The molecule has 0 atom stereocenters. The van der Waals surface area contributed by atoms with E-state index in [0.717, 1.165) is 0 Å². The third-order valence-electron chi connectivity index (χ3n) is 2.91. The summed E-state index contributed by atoms with van der Waals surface area (Å²) in [4.78, 5) is 35.6. The summed E-state index contributed by atoms with van der Waals surface area (Å²) in [5.74, 6) is -0.792. The topological polar surface area (TPSA) is 81.7 Å². The van der Waals surface area contributed by atoms with Crippen LogP contribution in [0.1, 0.15) is 51.9 Å². The molecule has 0 saturated carbocycles. The Balaban J connectivity index is 2.69. The molecule has 1 N–H and O–H groups in total. The van der Waals surface area contributed by atoms with Crippen molar-refractivity contribution < 1.29 is 23.9 Å². The Labute approximate surface area is 142 Å². The van der Waals surface area contributed by atoms with E-state index in [2.05, 4.69) is 5.32 Å². The zero-order chi connectivity index (χ0) is 18.5. The van der Waals surface area contributed by atoms with Gasteiger partial charge in [-0.1, -0.05) is 26.8 Å². The Bertz CT molecular complexity index is 623. The molecule has 1 rings (SSSR count). The van der Waals surface area contributed by atoms with E-state index in [-0.39, 0.29) is 18.0 Å². The number of Topliss-reactive ketones (excluding diaryl/α,β-unsaturated/α-hetero) is 1. The second-order valence-corrected chi connectivity index (χ2v) is 7.46. The van der Waals surface area contributed by atoms with Crippen LogP contribution in [0.15, 0.2) is 24.3 Å². The van der Waals surface area contributed by atoms with Gasteiger partial charge in [-0.15, -0.1) is 0 Å². The van der Waals surface area contributed by atoms with Gasteiger partial charge in [-0.3, -0.25) is 10.1 Å². The quantitative estimate of drug-likeness (QED) is 0.846. The van der Waals surface area contributed by atoms with Crippen molar-refractivity contribution in [3.05, 3.63) is 29.8 Å². The van der Waals surface area contributed by atoms with Gasteiger partial charge in [-0.2, -0.15) is 0 Å². The number of nitrogens with one attached hydrogen (secondary N) is 1. The predicted molar refractivity (Wildman–Crippen MR) is 91.0 cm³/mol. The lowest BCUT2D eigenvalue weighted by Gasteiger charge is -2.19. The summed E-state index contributed by atoms with van der Waals surface area (Å²) < 4.78 is 10.2. The Morgan fingerprint density at radius 3 is 2.21 bits per heavy atom. The maximum absolute atomic E-state index is 12.0. The molecule has 0 saturated heterocycles. The second-order valence-electron chi connectivity index (χ2n) is 7.46. The first kappa shape index (κ1) is 19.7. The molecule has 0 bridgehead atoms. The summed E-state index contributed by atoms with van der Waals surface area (Å²) in [5, 5.41) is 2.55. The van der Waals surface area contributed by atoms with E-state index < -0.39 is 23.1 Å². The minimum Gasteiger partial charge on any atom is -0.454 e. The summed E-state index contributed by atoms with van der Waals surface area (Å²) >= 11 is 0. The number of anilines is 1. The van der Waals surface area contributed by atoms with Crippen molar-refractivity contribution >= 4 is 23.5 Å². The highest BCUT2D eigenvalue weighted by Crippen LogP contribution is 2.17. The molecule has 6 heteroatoms. The SMILES string of the molecule is CC(C)(C)OC(=O)Nc1cccc(C(=O)OCC(=O)C(C)(C)C)c1. The lowest BCUT2D eigenvalue weighted by Crippen LogP contribution is -2.27. The Morgan fingerprint density at radius 1 is 1.04 bits per heavy atom. The molecule has 0 radical (unpaired) electrons. The summed E-state index contributed by atoms with van der Waals surface area (Å²) in [7, 11) is 0. The normalized spacial score (nSPS) is 11.6. The predicted octanol–water partition coefficient (Wildman–Crippen LogP) is 3.81. The lowest BCUT2D eigenvalue weighted by molar-refractivity contribution is -0.129. The summed E-state index contributed by atoms with van der Waals surface area (Å²) in [6.45, 7) is 10.3. The number of carbonyl (C=O) groups excluding carboxylic acids is 3. The van der Waals surface area contributed by atoms with Crippen LogP contribution in [-0.2, 0) is 14.3 Å². The van der Waals surface area contributed by atoms with E-state index >= 15 is 0 Å². The summed E-state index contributed by atoms with van der Waals surface area (Å²) in [5.41, 5.74) is -0.542. The van der Waals surface area contributed by atoms with Crippen molar-refractivity contribution in [2.45, 2.75) is 47.1 Å². The van der Waals surface area contributed by atoms with Crippen LogP contribution in [0.4, 0.5) is 10.5 Å². The van der Waals surface area contributed by atoms with Crippen molar-refractivity contribution in [1.82, 2.24) is 0 Å². The molecular weight excluding hydrogens is 310 g/mol. The number of esters is 1. The van der Waals surface area contributed by atoms with Gasteiger partial charge in [0.2, 0.25) is 0 Å². The van der Waals surface area contributed by atoms with E-state index in [1.165, 1.54) is 6.07 Å². The molecule has 0 fully saturated rings. The number of hydrogen-bond acceptors (Lipinski definition) is 5. The number of benzene rings is 1. The second kappa shape index (κ2) is 7.47. The first-order chi connectivity index (χ1) is 10.9. The molecule has 0 heterocycles. The van der Waals surface area contributed by atoms with E-state index in [9.17, 15) is 14.4 Å². The molecular formula is C18H25NO5. The lowest BCUT2D eigenvalue weighted by atomic mass is 9.91. The minimum atomic E-state index is -0.625. The smallest absolute Gasteiger partial charge is 0.412 e. The van der Waals surface area contributed by atoms with Crippen LogP contribution in [-0.4, -0.2) is 30.1 Å². The van der Waals surface area contributed by atoms with Gasteiger partial charge < -0.3 is 9.47 Å². The maximum atomic E-state index is 12.0. The minimum absolute atomic E-state index is 0.168. The van der Waals surface area contributed by atoms with Crippen molar-refractivity contribution in [3.63, 3.8) is 0 Å². The standard InChI is InChI=1S/C18H25NO5/c1-17(2,3)14(20)11-23-15(21)12-8-7-9-13(10-12)19-16(22)24-18(4,5)6/h7-10H,11H2,1-6H3,(H,19,22). The van der Waals surface area contributed by atoms with Gasteiger partial charge in [-0.05, 0) is 39.0 Å². The van der Waals surface area contributed by atoms with E-state index in [4.69, 9.17) is 9.47 Å². The molecule has 0 aliphatic carbocycles. The molecule has 1 aromatic carbocycles. The van der Waals surface area contributed by atoms with Gasteiger partial charge in [-0.25, -0.2) is 9.59 Å². The molecule has 0 aliphatic heterocycles. The van der Waals surface area contributed by atoms with Crippen LogP contribution >= 0.6 is 0 Å². The van der Waals surface area contributed by atoms with Gasteiger partial charge in [0.25, 0.3) is 0 Å². The zero-order valence-electron chi connectivity index (χ0n) is 15.1. The van der Waals surface area contributed by atoms with Gasteiger partial charge in [0.05, 0.1) is 5.56 Å². The highest BCUT2D eigenvalue weighted by atomic mass is 16.6. The highest BCUT2D eigenvalue weighted by molar-refractivity contribution is 5.94. The van der Waals surface area contributed by atoms with Crippen LogP contribution in [0.3, 0.4) is 0 Å². The van der Waals surface area contributed by atoms with Crippen molar-refractivity contribution in [1.29, 1.82) is 0 Å². The van der Waals surface area contributed by atoms with E-state index in [1.54, 1.807) is 59.7 Å². The monoisotopic (exact) mass is 335 g/mol. The van der Waals surface area contributed by atoms with Crippen LogP contribution in [0.5, 0.6) is 0 Å². The van der Waals surface area contributed by atoms with Gasteiger partial charge in [0, 0.05) is 11.1 Å². The molecule has 0 spiro atoms. The van der Waals surface area contributed by atoms with E-state index in [1.807, 2.05) is 0 Å². The van der Waals surface area contributed by atoms with E-state index in [0.29, 0.717) is 5.69 Å². The number of ether oxygens (including phenoxy) is 2. The molecule has 132 valence electrons. The Hall–Kier alpha value is -2.37. The number of amides is 1. The van der Waals surface area contributed by atoms with Crippen LogP contribution < -0.4 is 5.32 Å². The van der Waals surface area contributed by atoms with Crippen LogP contribution in [0, 0.1) is 5.41 Å². The molecule has 1 aromatic rings. The number of hydrogen-bond donors (Lipinski definition) is 1. The largest absolute Gasteiger partial charge is 0.454 e. The van der Waals surface area contributed by atoms with Gasteiger partial charge in [0.15, 0.2) is 12.4 Å². The fourth-order valence-electron chi connectivity index (χ4n) is 1.58. The zero-order valence-corrected chi connectivity index (χ0v) is 15.1. The molecule has 0 aromatic heterocycles. The molecule has 6 nitrogen and oxygen atoms in total. The highest BCUT2D eigenvalue weighted by Gasteiger charge is 2.23. The number of ketones is 1. The van der Waals surface area contributed by atoms with Crippen molar-refractivity contribution in [2.75, 3.05) is 11.9 Å². The van der Waals surface area contributed by atoms with Gasteiger partial charge in [0.1, 0.15) is 5.60 Å². The molecule has 0 aliphatic rings. The fraction of sp³-hybridized carbons (Fsp3) is 0.500. The number of rotatable bonds is 4. The van der Waals surface area contributed by atoms with Crippen LogP contribution in [0.2, 0.25) is 0 Å². The Kier molecular flexibility index (Phi) is 6.12. The Morgan fingerprint density at radius 2 is 1.67 bits per heavy atom. The molecule has 0 unspecified atom stereocenters. The third kappa shape index (κ3) is 6.81. The first-order valence-corrected chi connectivity index (χ1v) is 7.69. The van der Waals surface area contributed by atoms with Crippen molar-refractivity contribution in [3.8, 4) is 0 Å².